The van der Waals surface area contributed by atoms with Gasteiger partial charge in [-0.1, -0.05) is 24.3 Å². The predicted octanol–water partition coefficient (Wildman–Crippen LogP) is 3.83. The van der Waals surface area contributed by atoms with Gasteiger partial charge in [0.2, 0.25) is 6.79 Å². The molecular formula is C20H16N4O4S2. The zero-order chi connectivity index (χ0) is 20.6. The molecule has 0 aliphatic carbocycles. The molecule has 0 saturated heterocycles. The molecule has 0 amide bonds. The van der Waals surface area contributed by atoms with E-state index >= 15 is 0 Å². The number of nitrogens with one attached hydrogen (secondary N) is 2. The molecule has 5 rings (SSSR count). The lowest BCUT2D eigenvalue weighted by Crippen LogP contribution is -2.15. The van der Waals surface area contributed by atoms with Crippen LogP contribution in [0.3, 0.4) is 0 Å². The van der Waals surface area contributed by atoms with Crippen LogP contribution in [-0.4, -0.2) is 25.2 Å². The number of para-hydroxylation sites is 2. The van der Waals surface area contributed by atoms with Gasteiger partial charge in [-0.3, -0.25) is 4.72 Å². The topological polar surface area (TPSA) is 102 Å². The number of rotatable bonds is 6. The zero-order valence-electron chi connectivity index (χ0n) is 15.5. The van der Waals surface area contributed by atoms with Gasteiger partial charge in [-0.15, -0.1) is 11.3 Å². The molecule has 1 aliphatic heterocycles. The number of nitrogens with zero attached hydrogens (tertiary/aromatic N) is 2. The van der Waals surface area contributed by atoms with Crippen molar-refractivity contribution >= 4 is 44.0 Å². The van der Waals surface area contributed by atoms with Crippen molar-refractivity contribution in [3.8, 4) is 11.5 Å². The Labute approximate surface area is 176 Å². The Morgan fingerprint density at radius 1 is 0.933 bits per heavy atom. The maximum absolute atomic E-state index is 12.7. The van der Waals surface area contributed by atoms with Crippen LogP contribution in [0.4, 0.5) is 11.6 Å². The van der Waals surface area contributed by atoms with Crippen LogP contribution in [0.2, 0.25) is 0 Å². The van der Waals surface area contributed by atoms with Gasteiger partial charge in [0.1, 0.15) is 4.21 Å². The lowest BCUT2D eigenvalue weighted by molar-refractivity contribution is 0.174. The van der Waals surface area contributed by atoms with Crippen LogP contribution in [0.25, 0.3) is 11.0 Å². The molecule has 10 heteroatoms. The number of hydrogen-bond donors (Lipinski definition) is 2. The fourth-order valence-electron chi connectivity index (χ4n) is 3.03. The number of fused-ring (bicyclic) bond motifs is 2. The van der Waals surface area contributed by atoms with Crippen LogP contribution < -0.4 is 19.5 Å². The highest BCUT2D eigenvalue weighted by molar-refractivity contribution is 7.94. The number of hydrogen-bond acceptors (Lipinski definition) is 8. The van der Waals surface area contributed by atoms with Crippen molar-refractivity contribution in [3.05, 3.63) is 65.5 Å². The molecule has 0 spiro atoms. The smallest absolute Gasteiger partial charge is 0.272 e. The van der Waals surface area contributed by atoms with Gasteiger partial charge in [0.25, 0.3) is 10.0 Å². The molecular weight excluding hydrogens is 424 g/mol. The van der Waals surface area contributed by atoms with Crippen LogP contribution in [0.5, 0.6) is 11.5 Å². The van der Waals surface area contributed by atoms with Crippen LogP contribution >= 0.6 is 11.3 Å². The molecule has 0 unspecified atom stereocenters. The molecule has 2 aromatic carbocycles. The van der Waals surface area contributed by atoms with Gasteiger partial charge >= 0.3 is 0 Å². The van der Waals surface area contributed by atoms with Gasteiger partial charge in [0.15, 0.2) is 23.1 Å². The van der Waals surface area contributed by atoms with E-state index in [-0.39, 0.29) is 16.8 Å². The molecule has 4 aromatic rings. The third kappa shape index (κ3) is 3.62. The highest BCUT2D eigenvalue weighted by Crippen LogP contribution is 2.33. The van der Waals surface area contributed by atoms with Gasteiger partial charge in [0.05, 0.1) is 11.0 Å². The SMILES string of the molecule is O=S(=O)(Nc1nc2ccccc2nc1NCc1ccc2c(c1)OCO2)c1cccs1. The first-order valence-electron chi connectivity index (χ1n) is 9.04. The fraction of sp³-hybridized carbons (Fsp3) is 0.100. The molecule has 2 aromatic heterocycles. The van der Waals surface area contributed by atoms with E-state index in [0.29, 0.717) is 34.9 Å². The second-order valence-electron chi connectivity index (χ2n) is 6.49. The normalized spacial score (nSPS) is 12.8. The number of anilines is 2. The van der Waals surface area contributed by atoms with E-state index in [2.05, 4.69) is 20.0 Å². The van der Waals surface area contributed by atoms with Crippen LogP contribution in [0.15, 0.2) is 64.2 Å². The highest BCUT2D eigenvalue weighted by atomic mass is 32.2. The second kappa shape index (κ2) is 7.47. The molecule has 0 saturated carbocycles. The summed E-state index contributed by atoms with van der Waals surface area (Å²) in [5, 5.41) is 4.89. The lowest BCUT2D eigenvalue weighted by Gasteiger charge is -2.13. The Balaban J connectivity index is 1.47. The minimum atomic E-state index is -3.76. The van der Waals surface area contributed by atoms with Gasteiger partial charge in [-0.2, -0.15) is 0 Å². The zero-order valence-corrected chi connectivity index (χ0v) is 17.2. The Morgan fingerprint density at radius 2 is 1.70 bits per heavy atom. The molecule has 30 heavy (non-hydrogen) atoms. The summed E-state index contributed by atoms with van der Waals surface area (Å²) in [5.41, 5.74) is 2.18. The summed E-state index contributed by atoms with van der Waals surface area (Å²) >= 11 is 1.14. The van der Waals surface area contributed by atoms with E-state index in [9.17, 15) is 8.42 Å². The molecule has 1 aliphatic rings. The molecule has 3 heterocycles. The third-order valence-corrected chi connectivity index (χ3v) is 7.19. The molecule has 8 nitrogen and oxygen atoms in total. The molecule has 0 radical (unpaired) electrons. The lowest BCUT2D eigenvalue weighted by atomic mass is 10.2. The van der Waals surface area contributed by atoms with Crippen molar-refractivity contribution in [2.24, 2.45) is 0 Å². The quantitative estimate of drug-likeness (QED) is 0.470. The van der Waals surface area contributed by atoms with E-state index in [4.69, 9.17) is 9.47 Å². The molecule has 0 atom stereocenters. The Bertz CT molecular complexity index is 1320. The van der Waals surface area contributed by atoms with Crippen LogP contribution in [0.1, 0.15) is 5.56 Å². The first-order valence-corrected chi connectivity index (χ1v) is 11.4. The maximum atomic E-state index is 12.7. The van der Waals surface area contributed by atoms with Gasteiger partial charge in [0, 0.05) is 6.54 Å². The molecule has 152 valence electrons. The third-order valence-electron chi connectivity index (χ3n) is 4.46. The minimum absolute atomic E-state index is 0.142. The minimum Gasteiger partial charge on any atom is -0.454 e. The first kappa shape index (κ1) is 18.6. The summed E-state index contributed by atoms with van der Waals surface area (Å²) in [6.45, 7) is 0.606. The largest absolute Gasteiger partial charge is 0.454 e. The van der Waals surface area contributed by atoms with Crippen LogP contribution in [0, 0.1) is 0 Å². The summed E-state index contributed by atoms with van der Waals surface area (Å²) < 4.78 is 39.0. The first-order chi connectivity index (χ1) is 14.6. The van der Waals surface area contributed by atoms with Crippen molar-refractivity contribution in [1.29, 1.82) is 0 Å². The summed E-state index contributed by atoms with van der Waals surface area (Å²) in [7, 11) is -3.76. The van der Waals surface area contributed by atoms with Crippen molar-refractivity contribution in [3.63, 3.8) is 0 Å². The van der Waals surface area contributed by atoms with Crippen molar-refractivity contribution in [2.45, 2.75) is 10.8 Å². The van der Waals surface area contributed by atoms with Crippen molar-refractivity contribution in [2.75, 3.05) is 16.8 Å². The van der Waals surface area contributed by atoms with Gasteiger partial charge in [-0.05, 0) is 41.3 Å². The second-order valence-corrected chi connectivity index (χ2v) is 9.35. The number of sulfonamides is 1. The number of thiophene rings is 1. The fourth-order valence-corrected chi connectivity index (χ4v) is 5.03. The van der Waals surface area contributed by atoms with E-state index < -0.39 is 10.0 Å². The van der Waals surface area contributed by atoms with E-state index in [1.54, 1.807) is 23.6 Å². The molecule has 0 bridgehead atoms. The Morgan fingerprint density at radius 3 is 2.47 bits per heavy atom. The Kier molecular flexibility index (Phi) is 4.64. The number of aromatic nitrogens is 2. The average molecular weight is 441 g/mol. The summed E-state index contributed by atoms with van der Waals surface area (Å²) in [4.78, 5) is 9.06. The van der Waals surface area contributed by atoms with E-state index in [1.807, 2.05) is 36.4 Å². The molecule has 0 fully saturated rings. The standard InChI is InChI=1S/C20H16N4O4S2/c25-30(26,18-6-3-9-29-18)24-20-19(22-14-4-1-2-5-15(14)23-20)21-11-13-7-8-16-17(10-13)28-12-27-16/h1-10H,11-12H2,(H,21,22)(H,23,24). The monoisotopic (exact) mass is 440 g/mol. The predicted molar refractivity (Wildman–Crippen MR) is 115 cm³/mol. The van der Waals surface area contributed by atoms with Gasteiger partial charge in [-0.25, -0.2) is 18.4 Å². The maximum Gasteiger partial charge on any atom is 0.272 e. The molecule has 2 N–H and O–H groups in total. The van der Waals surface area contributed by atoms with Crippen LogP contribution in [-0.2, 0) is 16.6 Å². The average Bonchev–Trinajstić information content (AvgIpc) is 3.44. The van der Waals surface area contributed by atoms with E-state index in [0.717, 1.165) is 16.9 Å². The number of benzene rings is 2. The van der Waals surface area contributed by atoms with Crippen molar-refractivity contribution in [1.82, 2.24) is 9.97 Å². The summed E-state index contributed by atoms with van der Waals surface area (Å²) in [6.07, 6.45) is 0. The summed E-state index contributed by atoms with van der Waals surface area (Å²) in [5.74, 6) is 1.86. The highest BCUT2D eigenvalue weighted by Gasteiger charge is 2.20. The number of ether oxygens (including phenoxy) is 2. The summed E-state index contributed by atoms with van der Waals surface area (Å²) in [6, 6.07) is 16.1. The Hall–Kier alpha value is -3.37. The van der Waals surface area contributed by atoms with Crippen molar-refractivity contribution < 1.29 is 17.9 Å². The van der Waals surface area contributed by atoms with E-state index in [1.165, 1.54) is 0 Å². The van der Waals surface area contributed by atoms with Gasteiger partial charge < -0.3 is 14.8 Å².